The fraction of sp³-hybridized carbons (Fsp3) is 0.304. The number of hydrogen-bond acceptors (Lipinski definition) is 5. The number of nitrogens with zero attached hydrogens (tertiary/aromatic N) is 4. The van der Waals surface area contributed by atoms with Crippen LogP contribution in [-0.4, -0.2) is 64.6 Å². The highest BCUT2D eigenvalue weighted by molar-refractivity contribution is 6.35. The highest BCUT2D eigenvalue weighted by Gasteiger charge is 2.26. The van der Waals surface area contributed by atoms with Crippen LogP contribution in [0.5, 0.6) is 0 Å². The zero-order chi connectivity index (χ0) is 21.8. The number of aromatic nitrogens is 2. The maximum atomic E-state index is 13.0. The molecule has 160 valence electrons. The molecule has 0 spiro atoms. The number of halogens is 1. The predicted octanol–water partition coefficient (Wildman–Crippen LogP) is 4.25. The SMILES string of the molecule is CCCOC(=O)N1CCN(C(=O)c2ccc3c(Cl)cc(-c4ccccn4)nc3c2)CC1. The Hall–Kier alpha value is -3.19. The predicted molar refractivity (Wildman–Crippen MR) is 119 cm³/mol. The van der Waals surface area contributed by atoms with Gasteiger partial charge >= 0.3 is 6.09 Å². The molecular formula is C23H23ClN4O3. The average molecular weight is 439 g/mol. The van der Waals surface area contributed by atoms with Gasteiger partial charge in [0.05, 0.1) is 28.5 Å². The number of ether oxygens (including phenoxy) is 1. The average Bonchev–Trinajstić information content (AvgIpc) is 2.82. The Morgan fingerprint density at radius 3 is 2.52 bits per heavy atom. The molecule has 1 aliphatic rings. The standard InChI is InChI=1S/C23H23ClN4O3/c1-2-13-31-23(30)28-11-9-27(10-12-28)22(29)16-6-7-17-18(24)15-21(26-20(17)14-16)19-5-3-4-8-25-19/h3-8,14-15H,2,9-13H2,1H3. The van der Waals surface area contributed by atoms with Crippen LogP contribution in [0.25, 0.3) is 22.3 Å². The van der Waals surface area contributed by atoms with Gasteiger partial charge in [-0.05, 0) is 36.8 Å². The lowest BCUT2D eigenvalue weighted by Gasteiger charge is -2.34. The second-order valence-corrected chi connectivity index (χ2v) is 7.74. The number of rotatable bonds is 4. The molecule has 1 saturated heterocycles. The van der Waals surface area contributed by atoms with Crippen molar-refractivity contribution >= 4 is 34.5 Å². The van der Waals surface area contributed by atoms with Crippen LogP contribution in [0.4, 0.5) is 4.79 Å². The summed E-state index contributed by atoms with van der Waals surface area (Å²) in [7, 11) is 0. The van der Waals surface area contributed by atoms with Crippen LogP contribution in [0.2, 0.25) is 5.02 Å². The van der Waals surface area contributed by atoms with Crippen molar-refractivity contribution in [2.75, 3.05) is 32.8 Å². The van der Waals surface area contributed by atoms with Crippen molar-refractivity contribution < 1.29 is 14.3 Å². The van der Waals surface area contributed by atoms with E-state index in [0.717, 1.165) is 11.8 Å². The van der Waals surface area contributed by atoms with Crippen LogP contribution >= 0.6 is 11.6 Å². The molecule has 1 aliphatic heterocycles. The molecule has 0 unspecified atom stereocenters. The normalized spacial score (nSPS) is 14.0. The number of amides is 2. The van der Waals surface area contributed by atoms with E-state index in [1.165, 1.54) is 0 Å². The monoisotopic (exact) mass is 438 g/mol. The number of benzene rings is 1. The number of carbonyl (C=O) groups is 2. The summed E-state index contributed by atoms with van der Waals surface area (Å²) < 4.78 is 5.18. The summed E-state index contributed by atoms with van der Waals surface area (Å²) in [5.41, 5.74) is 2.55. The van der Waals surface area contributed by atoms with Crippen molar-refractivity contribution in [2.24, 2.45) is 0 Å². The first-order valence-corrected chi connectivity index (χ1v) is 10.7. The first-order chi connectivity index (χ1) is 15.1. The largest absolute Gasteiger partial charge is 0.449 e. The van der Waals surface area contributed by atoms with Crippen molar-refractivity contribution in [3.63, 3.8) is 0 Å². The Bertz CT molecular complexity index is 1100. The molecule has 3 aromatic rings. The molecule has 0 bridgehead atoms. The molecule has 31 heavy (non-hydrogen) atoms. The summed E-state index contributed by atoms with van der Waals surface area (Å²) in [5, 5.41) is 1.34. The Kier molecular flexibility index (Phi) is 6.32. The van der Waals surface area contributed by atoms with Gasteiger partial charge in [-0.25, -0.2) is 9.78 Å². The van der Waals surface area contributed by atoms with Crippen LogP contribution in [-0.2, 0) is 4.74 Å². The van der Waals surface area contributed by atoms with E-state index in [2.05, 4.69) is 9.97 Å². The minimum Gasteiger partial charge on any atom is -0.449 e. The number of fused-ring (bicyclic) bond motifs is 1. The van der Waals surface area contributed by atoms with E-state index >= 15 is 0 Å². The van der Waals surface area contributed by atoms with E-state index in [0.29, 0.717) is 60.3 Å². The van der Waals surface area contributed by atoms with Crippen LogP contribution in [0.1, 0.15) is 23.7 Å². The third kappa shape index (κ3) is 4.61. The van der Waals surface area contributed by atoms with E-state index in [1.54, 1.807) is 34.2 Å². The number of carbonyl (C=O) groups excluding carboxylic acids is 2. The van der Waals surface area contributed by atoms with Gasteiger partial charge in [-0.2, -0.15) is 0 Å². The van der Waals surface area contributed by atoms with E-state index < -0.39 is 0 Å². The van der Waals surface area contributed by atoms with Gasteiger partial charge in [0.25, 0.3) is 5.91 Å². The molecule has 0 N–H and O–H groups in total. The van der Waals surface area contributed by atoms with Crippen LogP contribution in [0.15, 0.2) is 48.7 Å². The summed E-state index contributed by atoms with van der Waals surface area (Å²) >= 11 is 6.46. The van der Waals surface area contributed by atoms with E-state index in [1.807, 2.05) is 31.2 Å². The van der Waals surface area contributed by atoms with Crippen molar-refractivity contribution in [1.82, 2.24) is 19.8 Å². The van der Waals surface area contributed by atoms with Gasteiger partial charge in [-0.15, -0.1) is 0 Å². The molecule has 0 atom stereocenters. The van der Waals surface area contributed by atoms with Gasteiger partial charge in [0.1, 0.15) is 0 Å². The highest BCUT2D eigenvalue weighted by atomic mass is 35.5. The zero-order valence-corrected chi connectivity index (χ0v) is 18.0. The lowest BCUT2D eigenvalue weighted by Crippen LogP contribution is -2.50. The van der Waals surface area contributed by atoms with Crippen molar-refractivity contribution in [3.05, 3.63) is 59.2 Å². The van der Waals surface area contributed by atoms with E-state index in [9.17, 15) is 9.59 Å². The van der Waals surface area contributed by atoms with Crippen LogP contribution in [0.3, 0.4) is 0 Å². The van der Waals surface area contributed by atoms with Crippen LogP contribution < -0.4 is 0 Å². The van der Waals surface area contributed by atoms with Gasteiger partial charge in [0.15, 0.2) is 0 Å². The van der Waals surface area contributed by atoms with Gasteiger partial charge in [0, 0.05) is 43.3 Å². The Balaban J connectivity index is 1.52. The molecule has 8 heteroatoms. The highest BCUT2D eigenvalue weighted by Crippen LogP contribution is 2.28. The molecule has 1 aromatic carbocycles. The molecule has 4 rings (SSSR count). The fourth-order valence-electron chi connectivity index (χ4n) is 3.52. The molecule has 1 fully saturated rings. The van der Waals surface area contributed by atoms with E-state index in [-0.39, 0.29) is 12.0 Å². The van der Waals surface area contributed by atoms with Gasteiger partial charge < -0.3 is 14.5 Å². The molecule has 7 nitrogen and oxygen atoms in total. The first kappa shape index (κ1) is 21.1. The molecule has 0 aliphatic carbocycles. The fourth-order valence-corrected chi connectivity index (χ4v) is 3.78. The summed E-state index contributed by atoms with van der Waals surface area (Å²) in [5.74, 6) is -0.0929. The summed E-state index contributed by atoms with van der Waals surface area (Å²) in [6, 6.07) is 12.7. The van der Waals surface area contributed by atoms with Gasteiger partial charge in [0.2, 0.25) is 0 Å². The Morgan fingerprint density at radius 1 is 1.03 bits per heavy atom. The second kappa shape index (κ2) is 9.31. The van der Waals surface area contributed by atoms with Crippen molar-refractivity contribution in [1.29, 1.82) is 0 Å². The van der Waals surface area contributed by atoms with Crippen LogP contribution in [0, 0.1) is 0 Å². The minimum atomic E-state index is -0.319. The first-order valence-electron chi connectivity index (χ1n) is 10.3. The number of hydrogen-bond donors (Lipinski definition) is 0. The smallest absolute Gasteiger partial charge is 0.409 e. The Labute approximate surface area is 185 Å². The van der Waals surface area contributed by atoms with Crippen molar-refractivity contribution in [2.45, 2.75) is 13.3 Å². The topological polar surface area (TPSA) is 75.6 Å². The summed E-state index contributed by atoms with van der Waals surface area (Å²) in [6.45, 7) is 4.19. The lowest BCUT2D eigenvalue weighted by molar-refractivity contribution is 0.0560. The van der Waals surface area contributed by atoms with E-state index in [4.69, 9.17) is 16.3 Å². The third-order valence-electron chi connectivity index (χ3n) is 5.19. The molecule has 3 heterocycles. The zero-order valence-electron chi connectivity index (χ0n) is 17.3. The summed E-state index contributed by atoms with van der Waals surface area (Å²) in [4.78, 5) is 37.4. The molecule has 0 radical (unpaired) electrons. The maximum Gasteiger partial charge on any atom is 0.409 e. The number of pyridine rings is 2. The molecular weight excluding hydrogens is 416 g/mol. The number of piperazine rings is 1. The van der Waals surface area contributed by atoms with Gasteiger partial charge in [-0.3, -0.25) is 9.78 Å². The molecule has 2 amide bonds. The minimum absolute atomic E-state index is 0.0929. The molecule has 0 saturated carbocycles. The Morgan fingerprint density at radius 2 is 1.81 bits per heavy atom. The van der Waals surface area contributed by atoms with Crippen molar-refractivity contribution in [3.8, 4) is 11.4 Å². The van der Waals surface area contributed by atoms with Gasteiger partial charge in [-0.1, -0.05) is 30.7 Å². The molecule has 2 aromatic heterocycles. The lowest BCUT2D eigenvalue weighted by atomic mass is 10.1. The quantitative estimate of drug-likeness (QED) is 0.608. The second-order valence-electron chi connectivity index (χ2n) is 7.33. The summed E-state index contributed by atoms with van der Waals surface area (Å²) in [6.07, 6.45) is 2.17. The third-order valence-corrected chi connectivity index (χ3v) is 5.50. The maximum absolute atomic E-state index is 13.0.